The molecule has 1 aliphatic carbocycles. The van der Waals surface area contributed by atoms with Crippen LogP contribution in [0.5, 0.6) is 0 Å². The Hall–Kier alpha value is -0.350. The van der Waals surface area contributed by atoms with E-state index >= 15 is 0 Å². The Morgan fingerprint density at radius 2 is 2.17 bits per heavy atom. The average molecular weight is 314 g/mol. The van der Waals surface area contributed by atoms with E-state index in [9.17, 15) is 0 Å². The molecule has 1 aromatic rings. The van der Waals surface area contributed by atoms with Gasteiger partial charge in [-0.15, -0.1) is 0 Å². The summed E-state index contributed by atoms with van der Waals surface area (Å²) in [5.74, 6) is 0. The van der Waals surface area contributed by atoms with Crippen molar-refractivity contribution in [2.45, 2.75) is 59.0 Å². The average Bonchev–Trinajstić information content (AvgIpc) is 2.52. The van der Waals surface area contributed by atoms with Gasteiger partial charge in [0, 0.05) is 19.6 Å². The molecule has 0 amide bonds. The lowest BCUT2D eigenvalue weighted by atomic mass is 9.73. The van der Waals surface area contributed by atoms with Gasteiger partial charge >= 0.3 is 0 Å². The second-order valence-corrected chi connectivity index (χ2v) is 6.93. The zero-order valence-corrected chi connectivity index (χ0v) is 13.5. The molecule has 1 heterocycles. The van der Waals surface area contributed by atoms with Crippen LogP contribution in [0.1, 0.15) is 50.9 Å². The predicted octanol–water partition coefficient (Wildman–Crippen LogP) is 3.55. The quantitative estimate of drug-likeness (QED) is 0.925. The molecule has 0 aliphatic heterocycles. The van der Waals surface area contributed by atoms with Crippen molar-refractivity contribution in [1.29, 1.82) is 0 Å². The summed E-state index contributed by atoms with van der Waals surface area (Å²) in [6, 6.07) is 0.619. The molecule has 2 rings (SSSR count). The van der Waals surface area contributed by atoms with Crippen LogP contribution in [-0.2, 0) is 13.6 Å². The maximum atomic E-state index is 4.44. The number of halogens is 1. The Morgan fingerprint density at radius 1 is 1.44 bits per heavy atom. The molecule has 0 aromatic carbocycles. The molecule has 3 nitrogen and oxygen atoms in total. The second-order valence-electron chi connectivity index (χ2n) is 6.14. The van der Waals surface area contributed by atoms with E-state index in [0.717, 1.165) is 16.7 Å². The number of nitrogens with zero attached hydrogens (tertiary/aromatic N) is 2. The maximum Gasteiger partial charge on any atom is 0.0739 e. The molecule has 0 bridgehead atoms. The Morgan fingerprint density at radius 3 is 2.72 bits per heavy atom. The van der Waals surface area contributed by atoms with Crippen LogP contribution < -0.4 is 5.32 Å². The molecule has 4 heteroatoms. The van der Waals surface area contributed by atoms with Gasteiger partial charge < -0.3 is 5.32 Å². The van der Waals surface area contributed by atoms with Crippen molar-refractivity contribution in [2.75, 3.05) is 0 Å². The molecule has 1 aromatic heterocycles. The number of hydrogen-bond donors (Lipinski definition) is 1. The summed E-state index contributed by atoms with van der Waals surface area (Å²) in [4.78, 5) is 0. The number of aryl methyl sites for hydroxylation is 2. The first-order valence-corrected chi connectivity index (χ1v) is 7.62. The van der Waals surface area contributed by atoms with Gasteiger partial charge in [-0.3, -0.25) is 4.68 Å². The molecular formula is C14H24BrN3. The SMILES string of the molecule is Cc1nn(C)c(CNC2CCCCC2(C)C)c1Br. The minimum atomic E-state index is 0.415. The Labute approximate surface area is 118 Å². The molecule has 0 saturated heterocycles. The lowest BCUT2D eigenvalue weighted by Gasteiger charge is -2.39. The van der Waals surface area contributed by atoms with Gasteiger partial charge in [0.15, 0.2) is 0 Å². The minimum absolute atomic E-state index is 0.415. The summed E-state index contributed by atoms with van der Waals surface area (Å²) in [7, 11) is 2.01. The van der Waals surface area contributed by atoms with Crippen molar-refractivity contribution in [1.82, 2.24) is 15.1 Å². The van der Waals surface area contributed by atoms with Crippen LogP contribution in [0.4, 0.5) is 0 Å². The Bertz CT molecular complexity index is 423. The van der Waals surface area contributed by atoms with Crippen LogP contribution in [0.25, 0.3) is 0 Å². The van der Waals surface area contributed by atoms with Crippen molar-refractivity contribution < 1.29 is 0 Å². The van der Waals surface area contributed by atoms with E-state index in [1.54, 1.807) is 0 Å². The first kappa shape index (κ1) is 14.1. The van der Waals surface area contributed by atoms with E-state index in [-0.39, 0.29) is 0 Å². The lowest BCUT2D eigenvalue weighted by Crippen LogP contribution is -2.44. The van der Waals surface area contributed by atoms with Crippen molar-refractivity contribution in [3.8, 4) is 0 Å². The molecule has 1 saturated carbocycles. The first-order chi connectivity index (χ1) is 8.42. The third-order valence-corrected chi connectivity index (χ3v) is 5.32. The number of nitrogens with one attached hydrogen (secondary N) is 1. The third-order valence-electron chi connectivity index (χ3n) is 4.28. The minimum Gasteiger partial charge on any atom is -0.308 e. The number of hydrogen-bond acceptors (Lipinski definition) is 2. The zero-order valence-electron chi connectivity index (χ0n) is 11.9. The van der Waals surface area contributed by atoms with Gasteiger partial charge in [-0.1, -0.05) is 26.7 Å². The molecule has 0 spiro atoms. The van der Waals surface area contributed by atoms with Gasteiger partial charge in [0.2, 0.25) is 0 Å². The maximum absolute atomic E-state index is 4.44. The normalized spacial score (nSPS) is 23.3. The van der Waals surface area contributed by atoms with Crippen molar-refractivity contribution in [2.24, 2.45) is 12.5 Å². The smallest absolute Gasteiger partial charge is 0.0739 e. The van der Waals surface area contributed by atoms with Crippen molar-refractivity contribution in [3.63, 3.8) is 0 Å². The van der Waals surface area contributed by atoms with Gasteiger partial charge in [0.05, 0.1) is 15.9 Å². The lowest BCUT2D eigenvalue weighted by molar-refractivity contribution is 0.166. The fraction of sp³-hybridized carbons (Fsp3) is 0.786. The number of rotatable bonds is 3. The fourth-order valence-electron chi connectivity index (χ4n) is 2.96. The first-order valence-electron chi connectivity index (χ1n) is 6.83. The Kier molecular flexibility index (Phi) is 4.17. The van der Waals surface area contributed by atoms with E-state index in [0.29, 0.717) is 11.5 Å². The number of aromatic nitrogens is 2. The highest BCUT2D eigenvalue weighted by atomic mass is 79.9. The van der Waals surface area contributed by atoms with Gasteiger partial charge in [0.25, 0.3) is 0 Å². The molecular weight excluding hydrogens is 290 g/mol. The molecule has 1 unspecified atom stereocenters. The van der Waals surface area contributed by atoms with Crippen molar-refractivity contribution in [3.05, 3.63) is 15.9 Å². The van der Waals surface area contributed by atoms with E-state index in [1.165, 1.54) is 31.4 Å². The van der Waals surface area contributed by atoms with Crippen molar-refractivity contribution >= 4 is 15.9 Å². The molecule has 1 fully saturated rings. The van der Waals surface area contributed by atoms with E-state index < -0.39 is 0 Å². The van der Waals surface area contributed by atoms with E-state index in [2.05, 4.69) is 40.2 Å². The largest absolute Gasteiger partial charge is 0.308 e. The third kappa shape index (κ3) is 2.80. The Balaban J connectivity index is 2.03. The van der Waals surface area contributed by atoms with Crippen LogP contribution in [0.2, 0.25) is 0 Å². The van der Waals surface area contributed by atoms with Gasteiger partial charge in [-0.05, 0) is 41.1 Å². The van der Waals surface area contributed by atoms with Gasteiger partial charge in [-0.2, -0.15) is 5.10 Å². The van der Waals surface area contributed by atoms with E-state index in [4.69, 9.17) is 0 Å². The predicted molar refractivity (Wildman–Crippen MR) is 78.5 cm³/mol. The van der Waals surface area contributed by atoms with Crippen LogP contribution in [0.3, 0.4) is 0 Å². The summed E-state index contributed by atoms with van der Waals surface area (Å²) in [6.07, 6.45) is 5.35. The molecule has 18 heavy (non-hydrogen) atoms. The summed E-state index contributed by atoms with van der Waals surface area (Å²) in [6.45, 7) is 7.70. The highest BCUT2D eigenvalue weighted by Crippen LogP contribution is 2.35. The van der Waals surface area contributed by atoms with Crippen LogP contribution in [0.15, 0.2) is 4.47 Å². The van der Waals surface area contributed by atoms with Gasteiger partial charge in [-0.25, -0.2) is 0 Å². The highest BCUT2D eigenvalue weighted by Gasteiger charge is 2.31. The fourth-order valence-corrected chi connectivity index (χ4v) is 3.44. The molecule has 102 valence electrons. The van der Waals surface area contributed by atoms with Crippen LogP contribution in [0, 0.1) is 12.3 Å². The van der Waals surface area contributed by atoms with E-state index in [1.807, 2.05) is 18.7 Å². The zero-order chi connectivity index (χ0) is 13.3. The van der Waals surface area contributed by atoms with Crippen LogP contribution >= 0.6 is 15.9 Å². The molecule has 1 aliphatic rings. The second kappa shape index (κ2) is 5.33. The molecule has 1 N–H and O–H groups in total. The molecule has 1 atom stereocenters. The topological polar surface area (TPSA) is 29.9 Å². The standard InChI is InChI=1S/C14H24BrN3/c1-10-13(15)11(18(4)17-10)9-16-12-7-5-6-8-14(12,2)3/h12,16H,5-9H2,1-4H3. The summed E-state index contributed by atoms with van der Waals surface area (Å²) in [5, 5.41) is 8.17. The van der Waals surface area contributed by atoms with Crippen LogP contribution in [-0.4, -0.2) is 15.8 Å². The highest BCUT2D eigenvalue weighted by molar-refractivity contribution is 9.10. The summed E-state index contributed by atoms with van der Waals surface area (Å²) >= 11 is 3.63. The molecule has 0 radical (unpaired) electrons. The van der Waals surface area contributed by atoms with Gasteiger partial charge in [0.1, 0.15) is 0 Å². The monoisotopic (exact) mass is 313 g/mol. The summed E-state index contributed by atoms with van der Waals surface area (Å²) < 4.78 is 3.12. The summed E-state index contributed by atoms with van der Waals surface area (Å²) in [5.41, 5.74) is 2.73.